The van der Waals surface area contributed by atoms with Gasteiger partial charge in [-0.05, 0) is 41.5 Å². The van der Waals surface area contributed by atoms with Crippen LogP contribution in [-0.4, -0.2) is 19.9 Å². The van der Waals surface area contributed by atoms with Gasteiger partial charge in [0, 0.05) is 25.4 Å². The third kappa shape index (κ3) is 3.36. The van der Waals surface area contributed by atoms with E-state index in [1.807, 2.05) is 99.0 Å². The first-order chi connectivity index (χ1) is 13.1. The van der Waals surface area contributed by atoms with Crippen LogP contribution in [0.4, 0.5) is 5.69 Å². The Morgan fingerprint density at radius 3 is 2.22 bits per heavy atom. The monoisotopic (exact) mass is 355 g/mol. The van der Waals surface area contributed by atoms with Crippen LogP contribution in [0.5, 0.6) is 5.75 Å². The van der Waals surface area contributed by atoms with Gasteiger partial charge in [0.15, 0.2) is 11.9 Å². The van der Waals surface area contributed by atoms with E-state index in [0.717, 1.165) is 16.8 Å². The van der Waals surface area contributed by atoms with E-state index >= 15 is 0 Å². The number of hydrogen-bond donors (Lipinski definition) is 0. The number of carbonyl (C=O) groups excluding carboxylic acids is 1. The van der Waals surface area contributed by atoms with E-state index in [1.54, 1.807) is 0 Å². The molecule has 134 valence electrons. The SMILES string of the molecule is CN(C)c1ccc(/C=C2\C(=O)c3ccccc3O[C@@H]2c2ccccc2)cc1. The normalized spacial score (nSPS) is 17.3. The minimum absolute atomic E-state index is 0.0161. The minimum Gasteiger partial charge on any atom is -0.480 e. The van der Waals surface area contributed by atoms with Crippen LogP contribution in [0.3, 0.4) is 0 Å². The Hall–Kier alpha value is -3.33. The third-order valence-corrected chi connectivity index (χ3v) is 4.76. The van der Waals surface area contributed by atoms with Gasteiger partial charge in [-0.2, -0.15) is 0 Å². The molecule has 0 bridgehead atoms. The molecular formula is C24H21NO2. The second-order valence-electron chi connectivity index (χ2n) is 6.82. The maximum atomic E-state index is 13.2. The van der Waals surface area contributed by atoms with E-state index in [9.17, 15) is 4.79 Å². The molecule has 3 nitrogen and oxygen atoms in total. The second-order valence-corrected chi connectivity index (χ2v) is 6.82. The summed E-state index contributed by atoms with van der Waals surface area (Å²) in [6.45, 7) is 0. The third-order valence-electron chi connectivity index (χ3n) is 4.76. The van der Waals surface area contributed by atoms with E-state index < -0.39 is 6.10 Å². The fourth-order valence-corrected chi connectivity index (χ4v) is 3.29. The average Bonchev–Trinajstić information content (AvgIpc) is 2.71. The van der Waals surface area contributed by atoms with Crippen LogP contribution < -0.4 is 9.64 Å². The standard InChI is InChI=1S/C24H21NO2/c1-25(2)19-14-12-17(13-15-19)16-21-23(26)20-10-6-7-11-22(20)27-24(21)18-8-4-3-5-9-18/h3-16,24H,1-2H3/b21-16+/t24-/m1/s1. The Morgan fingerprint density at radius 1 is 0.852 bits per heavy atom. The van der Waals surface area contributed by atoms with Crippen LogP contribution in [0.1, 0.15) is 27.6 Å². The Bertz CT molecular complexity index is 988. The summed E-state index contributed by atoms with van der Waals surface area (Å²) < 4.78 is 6.24. The fraction of sp³-hybridized carbons (Fsp3) is 0.125. The van der Waals surface area contributed by atoms with Crippen molar-refractivity contribution in [2.75, 3.05) is 19.0 Å². The van der Waals surface area contributed by atoms with Crippen molar-refractivity contribution in [1.29, 1.82) is 0 Å². The minimum atomic E-state index is -0.415. The molecular weight excluding hydrogens is 334 g/mol. The molecule has 0 radical (unpaired) electrons. The van der Waals surface area contributed by atoms with Crippen LogP contribution in [0.2, 0.25) is 0 Å². The van der Waals surface area contributed by atoms with Crippen molar-refractivity contribution in [3.63, 3.8) is 0 Å². The lowest BCUT2D eigenvalue weighted by atomic mass is 9.89. The summed E-state index contributed by atoms with van der Waals surface area (Å²) >= 11 is 0. The van der Waals surface area contributed by atoms with E-state index in [4.69, 9.17) is 4.74 Å². The summed E-state index contributed by atoms with van der Waals surface area (Å²) in [4.78, 5) is 15.3. The lowest BCUT2D eigenvalue weighted by molar-refractivity contribution is 0.0963. The van der Waals surface area contributed by atoms with Gasteiger partial charge >= 0.3 is 0 Å². The summed E-state index contributed by atoms with van der Waals surface area (Å²) in [5, 5.41) is 0. The number of hydrogen-bond acceptors (Lipinski definition) is 3. The first kappa shape index (κ1) is 17.1. The molecule has 0 fully saturated rings. The molecule has 0 saturated carbocycles. The quantitative estimate of drug-likeness (QED) is 0.608. The molecule has 3 aromatic carbocycles. The molecule has 1 aliphatic rings. The summed E-state index contributed by atoms with van der Waals surface area (Å²) in [6.07, 6.45) is 1.53. The zero-order valence-corrected chi connectivity index (χ0v) is 15.4. The summed E-state index contributed by atoms with van der Waals surface area (Å²) in [5.41, 5.74) is 4.33. The number of Topliss-reactive ketones (excluding diaryl/α,β-unsaturated/α-hetero) is 1. The number of carbonyl (C=O) groups is 1. The van der Waals surface area contributed by atoms with Gasteiger partial charge in [0.25, 0.3) is 0 Å². The Balaban J connectivity index is 1.80. The number of para-hydroxylation sites is 1. The Morgan fingerprint density at radius 2 is 1.52 bits per heavy atom. The zero-order valence-electron chi connectivity index (χ0n) is 15.4. The van der Waals surface area contributed by atoms with Gasteiger partial charge in [0.05, 0.1) is 5.56 Å². The van der Waals surface area contributed by atoms with Gasteiger partial charge in [0.2, 0.25) is 0 Å². The number of ether oxygens (including phenoxy) is 1. The molecule has 0 aromatic heterocycles. The van der Waals surface area contributed by atoms with Crippen molar-refractivity contribution in [3.05, 3.63) is 101 Å². The van der Waals surface area contributed by atoms with Crippen LogP contribution >= 0.6 is 0 Å². The molecule has 4 rings (SSSR count). The Kier molecular flexibility index (Phi) is 4.51. The molecule has 0 amide bonds. The number of ketones is 1. The summed E-state index contributed by atoms with van der Waals surface area (Å²) in [5.74, 6) is 0.652. The van der Waals surface area contributed by atoms with E-state index in [1.165, 1.54) is 0 Å². The molecule has 0 saturated heterocycles. The number of nitrogens with zero attached hydrogens (tertiary/aromatic N) is 1. The van der Waals surface area contributed by atoms with E-state index in [2.05, 4.69) is 4.90 Å². The van der Waals surface area contributed by atoms with Crippen molar-refractivity contribution in [2.45, 2.75) is 6.10 Å². The lowest BCUT2D eigenvalue weighted by Crippen LogP contribution is -2.23. The summed E-state index contributed by atoms with van der Waals surface area (Å²) in [7, 11) is 4.02. The van der Waals surface area contributed by atoms with Crippen LogP contribution in [0.15, 0.2) is 84.4 Å². The maximum absolute atomic E-state index is 13.2. The van der Waals surface area contributed by atoms with Gasteiger partial charge < -0.3 is 9.64 Å². The predicted octanol–water partition coefficient (Wildman–Crippen LogP) is 5.15. The number of rotatable bonds is 3. The van der Waals surface area contributed by atoms with Gasteiger partial charge in [-0.25, -0.2) is 0 Å². The van der Waals surface area contributed by atoms with Crippen molar-refractivity contribution in [2.24, 2.45) is 0 Å². The van der Waals surface area contributed by atoms with Gasteiger partial charge in [-0.3, -0.25) is 4.79 Å². The smallest absolute Gasteiger partial charge is 0.196 e. The van der Waals surface area contributed by atoms with Crippen molar-refractivity contribution >= 4 is 17.5 Å². The number of anilines is 1. The molecule has 3 aromatic rings. The molecule has 27 heavy (non-hydrogen) atoms. The van der Waals surface area contributed by atoms with Crippen molar-refractivity contribution in [3.8, 4) is 5.75 Å². The molecule has 1 aliphatic heterocycles. The van der Waals surface area contributed by atoms with Crippen LogP contribution in [-0.2, 0) is 0 Å². The molecule has 0 spiro atoms. The van der Waals surface area contributed by atoms with Crippen molar-refractivity contribution in [1.82, 2.24) is 0 Å². The zero-order chi connectivity index (χ0) is 18.8. The van der Waals surface area contributed by atoms with Crippen molar-refractivity contribution < 1.29 is 9.53 Å². The van der Waals surface area contributed by atoms with E-state index in [-0.39, 0.29) is 5.78 Å². The first-order valence-electron chi connectivity index (χ1n) is 8.98. The maximum Gasteiger partial charge on any atom is 0.196 e. The molecule has 0 unspecified atom stereocenters. The first-order valence-corrected chi connectivity index (χ1v) is 8.98. The average molecular weight is 355 g/mol. The largest absolute Gasteiger partial charge is 0.480 e. The predicted molar refractivity (Wildman–Crippen MR) is 109 cm³/mol. The molecule has 0 N–H and O–H groups in total. The highest BCUT2D eigenvalue weighted by Gasteiger charge is 2.32. The molecule has 3 heteroatoms. The van der Waals surface area contributed by atoms with Crippen LogP contribution in [0.25, 0.3) is 6.08 Å². The summed E-state index contributed by atoms with van der Waals surface area (Å²) in [6, 6.07) is 25.5. The van der Waals surface area contributed by atoms with Gasteiger partial charge in [-0.15, -0.1) is 0 Å². The molecule has 0 aliphatic carbocycles. The van der Waals surface area contributed by atoms with E-state index in [0.29, 0.717) is 16.9 Å². The molecule has 1 heterocycles. The number of fused-ring (bicyclic) bond motifs is 1. The fourth-order valence-electron chi connectivity index (χ4n) is 3.29. The topological polar surface area (TPSA) is 29.5 Å². The highest BCUT2D eigenvalue weighted by Crippen LogP contribution is 2.39. The van der Waals surface area contributed by atoms with Crippen LogP contribution in [0, 0.1) is 0 Å². The highest BCUT2D eigenvalue weighted by atomic mass is 16.5. The lowest BCUT2D eigenvalue weighted by Gasteiger charge is -2.28. The number of benzene rings is 3. The van der Waals surface area contributed by atoms with Gasteiger partial charge in [-0.1, -0.05) is 54.6 Å². The second kappa shape index (κ2) is 7.12. The highest BCUT2D eigenvalue weighted by molar-refractivity contribution is 6.14. The Labute approximate surface area is 159 Å². The molecule has 1 atom stereocenters. The van der Waals surface area contributed by atoms with Gasteiger partial charge in [0.1, 0.15) is 5.75 Å².